The maximum absolute atomic E-state index is 11.5. The Balaban J connectivity index is 2.71. The van der Waals surface area contributed by atoms with Gasteiger partial charge in [0.1, 0.15) is 11.6 Å². The maximum atomic E-state index is 11.5. The summed E-state index contributed by atoms with van der Waals surface area (Å²) in [6.07, 6.45) is 4.38. The van der Waals surface area contributed by atoms with E-state index in [1.165, 1.54) is 0 Å². The Labute approximate surface area is 99.8 Å². The van der Waals surface area contributed by atoms with Gasteiger partial charge in [0.05, 0.1) is 0 Å². The number of nitrogens with two attached hydrogens (primary N) is 1. The van der Waals surface area contributed by atoms with E-state index < -0.39 is 11.9 Å². The van der Waals surface area contributed by atoms with Crippen LogP contribution >= 0.6 is 0 Å². The van der Waals surface area contributed by atoms with Crippen LogP contribution in [0, 0.1) is 11.3 Å². The fraction of sp³-hybridized carbons (Fsp3) is 0.545. The minimum absolute atomic E-state index is 0.101. The van der Waals surface area contributed by atoms with Crippen molar-refractivity contribution in [1.29, 1.82) is 5.26 Å². The number of nitrogens with zero attached hydrogens (tertiary/aromatic N) is 1. The highest BCUT2D eigenvalue weighted by Crippen LogP contribution is 2.19. The van der Waals surface area contributed by atoms with E-state index in [1.54, 1.807) is 13.0 Å². The lowest BCUT2D eigenvalue weighted by Crippen LogP contribution is -2.37. The van der Waals surface area contributed by atoms with Crippen LogP contribution in [-0.2, 0) is 4.79 Å². The number of allylic oxidation sites excluding steroid dienone is 1. The standard InChI is InChI=1S/C11H16N4O2/c1-7(14-8-4-2-3-5-8)9(6-12)10(16)15-11(13)17/h8,14H,2-5H2,1H3,(H3,13,15,16,17)/b9-7+. The van der Waals surface area contributed by atoms with Crippen LogP contribution in [0.4, 0.5) is 4.79 Å². The third kappa shape index (κ3) is 3.79. The lowest BCUT2D eigenvalue weighted by Gasteiger charge is -2.14. The van der Waals surface area contributed by atoms with Crippen LogP contribution in [0.3, 0.4) is 0 Å². The van der Waals surface area contributed by atoms with Crippen molar-refractivity contribution in [3.63, 3.8) is 0 Å². The molecule has 92 valence electrons. The molecule has 17 heavy (non-hydrogen) atoms. The van der Waals surface area contributed by atoms with E-state index in [0.29, 0.717) is 11.7 Å². The zero-order valence-electron chi connectivity index (χ0n) is 9.75. The minimum atomic E-state index is -0.962. The second-order valence-electron chi connectivity index (χ2n) is 4.06. The van der Waals surface area contributed by atoms with Gasteiger partial charge in [0.25, 0.3) is 5.91 Å². The number of carbonyl (C=O) groups excluding carboxylic acids is 2. The van der Waals surface area contributed by atoms with Gasteiger partial charge in [-0.2, -0.15) is 5.26 Å². The molecule has 1 saturated carbocycles. The van der Waals surface area contributed by atoms with Crippen molar-refractivity contribution in [2.75, 3.05) is 0 Å². The van der Waals surface area contributed by atoms with Gasteiger partial charge in [-0.05, 0) is 19.8 Å². The quantitative estimate of drug-likeness (QED) is 0.490. The molecule has 0 aromatic heterocycles. The summed E-state index contributed by atoms with van der Waals surface area (Å²) in [6.45, 7) is 1.65. The van der Waals surface area contributed by atoms with E-state index in [-0.39, 0.29) is 5.57 Å². The topological polar surface area (TPSA) is 108 Å². The Bertz CT molecular complexity index is 389. The summed E-state index contributed by atoms with van der Waals surface area (Å²) in [6, 6.07) is 1.12. The molecule has 0 heterocycles. The molecule has 0 saturated heterocycles. The summed E-state index contributed by atoms with van der Waals surface area (Å²) >= 11 is 0. The second kappa shape index (κ2) is 5.89. The number of hydrogen-bond acceptors (Lipinski definition) is 4. The lowest BCUT2D eigenvalue weighted by molar-refractivity contribution is -0.116. The fourth-order valence-electron chi connectivity index (χ4n) is 1.93. The molecule has 4 N–H and O–H groups in total. The van der Waals surface area contributed by atoms with Gasteiger partial charge >= 0.3 is 6.03 Å². The smallest absolute Gasteiger partial charge is 0.319 e. The van der Waals surface area contributed by atoms with Crippen molar-refractivity contribution in [2.24, 2.45) is 5.73 Å². The Morgan fingerprint density at radius 2 is 1.94 bits per heavy atom. The molecule has 0 bridgehead atoms. The number of primary amides is 1. The van der Waals surface area contributed by atoms with Crippen molar-refractivity contribution in [3.8, 4) is 6.07 Å². The molecule has 3 amide bonds. The summed E-state index contributed by atoms with van der Waals surface area (Å²) in [5.41, 5.74) is 5.21. The molecule has 0 unspecified atom stereocenters. The first-order valence-electron chi connectivity index (χ1n) is 5.53. The zero-order chi connectivity index (χ0) is 12.8. The van der Waals surface area contributed by atoms with E-state index in [2.05, 4.69) is 5.32 Å². The summed E-state index contributed by atoms with van der Waals surface area (Å²) in [4.78, 5) is 22.0. The third-order valence-electron chi connectivity index (χ3n) is 2.73. The molecule has 1 fully saturated rings. The highest BCUT2D eigenvalue weighted by Gasteiger charge is 2.19. The number of urea groups is 1. The van der Waals surface area contributed by atoms with E-state index in [9.17, 15) is 9.59 Å². The van der Waals surface area contributed by atoms with Crippen LogP contribution in [0.25, 0.3) is 0 Å². The van der Waals surface area contributed by atoms with Gasteiger partial charge < -0.3 is 11.1 Å². The first-order valence-corrected chi connectivity index (χ1v) is 5.53. The van der Waals surface area contributed by atoms with Gasteiger partial charge in [-0.3, -0.25) is 10.1 Å². The van der Waals surface area contributed by atoms with Gasteiger partial charge in [-0.1, -0.05) is 12.8 Å². The summed E-state index contributed by atoms with van der Waals surface area (Å²) < 4.78 is 0. The van der Waals surface area contributed by atoms with Gasteiger partial charge in [0, 0.05) is 11.7 Å². The van der Waals surface area contributed by atoms with Gasteiger partial charge in [-0.25, -0.2) is 4.79 Å². The van der Waals surface area contributed by atoms with E-state index in [0.717, 1.165) is 25.7 Å². The van der Waals surface area contributed by atoms with E-state index >= 15 is 0 Å². The van der Waals surface area contributed by atoms with Crippen LogP contribution < -0.4 is 16.4 Å². The number of hydrogen-bond donors (Lipinski definition) is 3. The number of imide groups is 1. The number of nitrogens with one attached hydrogen (secondary N) is 2. The Kier molecular flexibility index (Phi) is 4.52. The third-order valence-corrected chi connectivity index (χ3v) is 2.73. The molecule has 0 aliphatic heterocycles. The van der Waals surface area contributed by atoms with Crippen molar-refractivity contribution >= 4 is 11.9 Å². The molecule has 6 nitrogen and oxygen atoms in total. The number of amides is 3. The van der Waals surface area contributed by atoms with E-state index in [1.807, 2.05) is 5.32 Å². The maximum Gasteiger partial charge on any atom is 0.319 e. The predicted molar refractivity (Wildman–Crippen MR) is 61.4 cm³/mol. The molecule has 0 atom stereocenters. The number of rotatable bonds is 3. The monoisotopic (exact) mass is 236 g/mol. The molecule has 1 aliphatic rings. The first-order chi connectivity index (χ1) is 8.04. The summed E-state index contributed by atoms with van der Waals surface area (Å²) in [7, 11) is 0. The normalized spacial score (nSPS) is 16.9. The Hall–Kier alpha value is -2.03. The highest BCUT2D eigenvalue weighted by atomic mass is 16.2. The van der Waals surface area contributed by atoms with Crippen molar-refractivity contribution in [3.05, 3.63) is 11.3 Å². The van der Waals surface area contributed by atoms with E-state index in [4.69, 9.17) is 11.0 Å². The molecule has 0 aromatic rings. The molecular formula is C11H16N4O2. The molecule has 1 rings (SSSR count). The Morgan fingerprint density at radius 3 is 2.41 bits per heavy atom. The molecule has 1 aliphatic carbocycles. The average molecular weight is 236 g/mol. The molecule has 0 radical (unpaired) electrons. The Morgan fingerprint density at radius 1 is 1.35 bits per heavy atom. The second-order valence-corrected chi connectivity index (χ2v) is 4.06. The van der Waals surface area contributed by atoms with Crippen molar-refractivity contribution in [2.45, 2.75) is 38.6 Å². The molecule has 6 heteroatoms. The van der Waals surface area contributed by atoms with Crippen LogP contribution in [0.2, 0.25) is 0 Å². The SMILES string of the molecule is C/C(NC1CCCC1)=C(/C#N)C(=O)NC(N)=O. The number of carbonyl (C=O) groups is 2. The summed E-state index contributed by atoms with van der Waals surface area (Å²) in [5.74, 6) is -0.761. The zero-order valence-corrected chi connectivity index (χ0v) is 9.75. The highest BCUT2D eigenvalue weighted by molar-refractivity contribution is 6.06. The van der Waals surface area contributed by atoms with Crippen molar-refractivity contribution < 1.29 is 9.59 Å². The molecule has 0 aromatic carbocycles. The fourth-order valence-corrected chi connectivity index (χ4v) is 1.93. The van der Waals surface area contributed by atoms with Crippen LogP contribution in [0.15, 0.2) is 11.3 Å². The largest absolute Gasteiger partial charge is 0.385 e. The van der Waals surface area contributed by atoms with Gasteiger partial charge in [0.2, 0.25) is 0 Å². The predicted octanol–water partition coefficient (Wildman–Crippen LogP) is 0.511. The van der Waals surface area contributed by atoms with Crippen LogP contribution in [0.1, 0.15) is 32.6 Å². The van der Waals surface area contributed by atoms with Crippen LogP contribution in [0.5, 0.6) is 0 Å². The summed E-state index contributed by atoms with van der Waals surface area (Å²) in [5, 5.41) is 13.9. The number of nitriles is 1. The lowest BCUT2D eigenvalue weighted by atomic mass is 10.2. The van der Waals surface area contributed by atoms with Crippen molar-refractivity contribution in [1.82, 2.24) is 10.6 Å². The molecular weight excluding hydrogens is 220 g/mol. The minimum Gasteiger partial charge on any atom is -0.385 e. The van der Waals surface area contributed by atoms with Crippen LogP contribution in [-0.4, -0.2) is 18.0 Å². The average Bonchev–Trinajstić information content (AvgIpc) is 2.70. The van der Waals surface area contributed by atoms with Gasteiger partial charge in [-0.15, -0.1) is 0 Å². The molecule has 0 spiro atoms. The first kappa shape index (κ1) is 13.0. The van der Waals surface area contributed by atoms with Gasteiger partial charge in [0.15, 0.2) is 0 Å².